The molecule has 1 N–H and O–H groups in total. The monoisotopic (exact) mass is 275 g/mol. The molecule has 1 aromatic carbocycles. The summed E-state index contributed by atoms with van der Waals surface area (Å²) in [7, 11) is 0. The van der Waals surface area contributed by atoms with Crippen LogP contribution in [0.4, 0.5) is 0 Å². The highest BCUT2D eigenvalue weighted by Gasteiger charge is 2.34. The number of ether oxygens (including phenoxy) is 2. The molecule has 3 nitrogen and oxygen atoms in total. The van der Waals surface area contributed by atoms with Gasteiger partial charge in [-0.25, -0.2) is 0 Å². The molecule has 2 heterocycles. The van der Waals surface area contributed by atoms with E-state index in [1.54, 1.807) is 0 Å². The quantitative estimate of drug-likeness (QED) is 0.916. The third kappa shape index (κ3) is 2.90. The van der Waals surface area contributed by atoms with E-state index in [0.29, 0.717) is 12.0 Å². The summed E-state index contributed by atoms with van der Waals surface area (Å²) < 4.78 is 11.8. The van der Waals surface area contributed by atoms with Gasteiger partial charge in [-0.3, -0.25) is 0 Å². The van der Waals surface area contributed by atoms with Gasteiger partial charge < -0.3 is 14.8 Å². The normalized spacial score (nSPS) is 27.9. The molecule has 0 saturated carbocycles. The number of fused-ring (bicyclic) bond motifs is 1. The lowest BCUT2D eigenvalue weighted by Crippen LogP contribution is -2.46. The van der Waals surface area contributed by atoms with E-state index in [9.17, 15) is 0 Å². The van der Waals surface area contributed by atoms with Crippen LogP contribution in [-0.4, -0.2) is 32.4 Å². The Balaban J connectivity index is 1.84. The predicted molar refractivity (Wildman–Crippen MR) is 79.8 cm³/mol. The molecule has 0 aromatic heterocycles. The van der Waals surface area contributed by atoms with E-state index in [-0.39, 0.29) is 6.10 Å². The highest BCUT2D eigenvalue weighted by atomic mass is 16.5. The Morgan fingerprint density at radius 2 is 2.20 bits per heavy atom. The molecule has 0 spiro atoms. The van der Waals surface area contributed by atoms with Crippen molar-refractivity contribution in [3.63, 3.8) is 0 Å². The van der Waals surface area contributed by atoms with Crippen molar-refractivity contribution in [3.05, 3.63) is 35.4 Å². The number of hydrogen-bond acceptors (Lipinski definition) is 3. The fraction of sp³-hybridized carbons (Fsp3) is 0.647. The maximum absolute atomic E-state index is 6.15. The zero-order valence-corrected chi connectivity index (χ0v) is 12.3. The molecule has 1 fully saturated rings. The topological polar surface area (TPSA) is 30.5 Å². The minimum atomic E-state index is 0.173. The summed E-state index contributed by atoms with van der Waals surface area (Å²) in [5.41, 5.74) is 2.82. The van der Waals surface area contributed by atoms with Crippen molar-refractivity contribution in [2.45, 2.75) is 38.3 Å². The van der Waals surface area contributed by atoms with E-state index in [1.165, 1.54) is 24.0 Å². The van der Waals surface area contributed by atoms with Gasteiger partial charge in [-0.05, 0) is 36.9 Å². The molecule has 1 aromatic rings. The highest BCUT2D eigenvalue weighted by molar-refractivity contribution is 5.32. The van der Waals surface area contributed by atoms with Crippen molar-refractivity contribution in [3.8, 4) is 0 Å². The van der Waals surface area contributed by atoms with Crippen molar-refractivity contribution in [1.29, 1.82) is 0 Å². The number of rotatable bonds is 4. The molecule has 3 atom stereocenters. The number of benzene rings is 1. The Hall–Kier alpha value is -0.900. The van der Waals surface area contributed by atoms with Gasteiger partial charge in [0, 0.05) is 18.6 Å². The maximum Gasteiger partial charge on any atom is 0.0984 e. The largest absolute Gasteiger partial charge is 0.381 e. The Labute approximate surface area is 121 Å². The molecule has 3 unspecified atom stereocenters. The molecule has 0 amide bonds. The van der Waals surface area contributed by atoms with Gasteiger partial charge in [-0.1, -0.05) is 31.2 Å². The van der Waals surface area contributed by atoms with Gasteiger partial charge in [-0.2, -0.15) is 0 Å². The van der Waals surface area contributed by atoms with Crippen LogP contribution in [0.25, 0.3) is 0 Å². The van der Waals surface area contributed by atoms with Crippen LogP contribution in [0.3, 0.4) is 0 Å². The first-order valence-electron chi connectivity index (χ1n) is 7.90. The van der Waals surface area contributed by atoms with Crippen molar-refractivity contribution in [1.82, 2.24) is 5.32 Å². The van der Waals surface area contributed by atoms with E-state index in [1.807, 2.05) is 0 Å². The fourth-order valence-electron chi connectivity index (χ4n) is 3.53. The summed E-state index contributed by atoms with van der Waals surface area (Å²) in [4.78, 5) is 0. The number of nitrogens with one attached hydrogen (secondary N) is 1. The molecule has 0 aliphatic carbocycles. The van der Waals surface area contributed by atoms with Crippen LogP contribution >= 0.6 is 0 Å². The lowest BCUT2D eigenvalue weighted by Gasteiger charge is -2.38. The lowest BCUT2D eigenvalue weighted by atomic mass is 9.84. The smallest absolute Gasteiger partial charge is 0.0984 e. The van der Waals surface area contributed by atoms with Crippen molar-refractivity contribution >= 4 is 0 Å². The van der Waals surface area contributed by atoms with Crippen LogP contribution < -0.4 is 5.32 Å². The number of likely N-dealkylation sites (N-methyl/N-ethyl adjacent to an activating group) is 1. The minimum absolute atomic E-state index is 0.173. The van der Waals surface area contributed by atoms with Crippen molar-refractivity contribution in [2.75, 3.05) is 26.4 Å². The van der Waals surface area contributed by atoms with Crippen LogP contribution in [0.15, 0.2) is 24.3 Å². The molecule has 20 heavy (non-hydrogen) atoms. The fourth-order valence-corrected chi connectivity index (χ4v) is 3.53. The first-order chi connectivity index (χ1) is 9.90. The average molecular weight is 275 g/mol. The summed E-state index contributed by atoms with van der Waals surface area (Å²) in [5.74, 6) is 0.555. The van der Waals surface area contributed by atoms with Crippen LogP contribution in [0.1, 0.15) is 37.0 Å². The van der Waals surface area contributed by atoms with Crippen LogP contribution in [0.5, 0.6) is 0 Å². The molecule has 2 aliphatic rings. The van der Waals surface area contributed by atoms with Crippen LogP contribution in [0.2, 0.25) is 0 Å². The summed E-state index contributed by atoms with van der Waals surface area (Å²) in [5, 5.41) is 3.66. The molecule has 0 radical (unpaired) electrons. The second kappa shape index (κ2) is 6.70. The van der Waals surface area contributed by atoms with Crippen LogP contribution in [-0.2, 0) is 15.9 Å². The highest BCUT2D eigenvalue weighted by Crippen LogP contribution is 2.34. The predicted octanol–water partition coefficient (Wildman–Crippen LogP) is 2.71. The van der Waals surface area contributed by atoms with Gasteiger partial charge in [0.1, 0.15) is 0 Å². The second-order valence-corrected chi connectivity index (χ2v) is 5.80. The zero-order chi connectivity index (χ0) is 13.8. The van der Waals surface area contributed by atoms with E-state index < -0.39 is 0 Å². The Morgan fingerprint density at radius 1 is 1.30 bits per heavy atom. The Bertz CT molecular complexity index is 429. The van der Waals surface area contributed by atoms with Gasteiger partial charge in [-0.15, -0.1) is 0 Å². The lowest BCUT2D eigenvalue weighted by molar-refractivity contribution is -0.0331. The zero-order valence-electron chi connectivity index (χ0n) is 12.3. The van der Waals surface area contributed by atoms with Crippen molar-refractivity contribution < 1.29 is 9.47 Å². The molecule has 3 heteroatoms. The van der Waals surface area contributed by atoms with Gasteiger partial charge in [0.2, 0.25) is 0 Å². The SMILES string of the molecule is CCNC(C1CCCOC1)C1OCCc2ccccc21. The molecule has 1 saturated heterocycles. The van der Waals surface area contributed by atoms with E-state index >= 15 is 0 Å². The van der Waals surface area contributed by atoms with Gasteiger partial charge in [0.15, 0.2) is 0 Å². The van der Waals surface area contributed by atoms with Gasteiger partial charge in [0.25, 0.3) is 0 Å². The van der Waals surface area contributed by atoms with E-state index in [2.05, 4.69) is 36.5 Å². The molecule has 3 rings (SSSR count). The minimum Gasteiger partial charge on any atom is -0.381 e. The summed E-state index contributed by atoms with van der Waals surface area (Å²) in [6.45, 7) is 5.75. The maximum atomic E-state index is 6.15. The van der Waals surface area contributed by atoms with Gasteiger partial charge in [0.05, 0.1) is 19.3 Å². The molecular weight excluding hydrogens is 250 g/mol. The molecule has 0 bridgehead atoms. The second-order valence-electron chi connectivity index (χ2n) is 5.80. The Kier molecular flexibility index (Phi) is 4.71. The molecular formula is C17H25NO2. The Morgan fingerprint density at radius 3 is 3.00 bits per heavy atom. The standard InChI is InChI=1S/C17H25NO2/c1-2-18-16(14-7-5-10-19-12-14)17-15-8-4-3-6-13(15)9-11-20-17/h3-4,6,8,14,16-18H,2,5,7,9-12H2,1H3. The summed E-state index contributed by atoms with van der Waals surface area (Å²) in [6, 6.07) is 9.09. The molecule has 2 aliphatic heterocycles. The first-order valence-corrected chi connectivity index (χ1v) is 7.90. The van der Waals surface area contributed by atoms with E-state index in [4.69, 9.17) is 9.47 Å². The average Bonchev–Trinajstić information content (AvgIpc) is 2.53. The first kappa shape index (κ1) is 14.1. The van der Waals surface area contributed by atoms with Gasteiger partial charge >= 0.3 is 0 Å². The van der Waals surface area contributed by atoms with E-state index in [0.717, 1.165) is 32.8 Å². The molecule has 110 valence electrons. The summed E-state index contributed by atoms with van der Waals surface area (Å²) >= 11 is 0. The number of hydrogen-bond donors (Lipinski definition) is 1. The van der Waals surface area contributed by atoms with Crippen molar-refractivity contribution in [2.24, 2.45) is 5.92 Å². The summed E-state index contributed by atoms with van der Waals surface area (Å²) in [6.07, 6.45) is 3.61. The van der Waals surface area contributed by atoms with Crippen LogP contribution in [0, 0.1) is 5.92 Å². The third-order valence-corrected chi connectivity index (χ3v) is 4.50. The third-order valence-electron chi connectivity index (χ3n) is 4.50.